The molecule has 8 nitrogen and oxygen atoms in total. The lowest BCUT2D eigenvalue weighted by Gasteiger charge is -2.38. The molecule has 0 unspecified atom stereocenters. The van der Waals surface area contributed by atoms with Crippen LogP contribution in [0.4, 0.5) is 11.5 Å². The molecule has 32 heavy (non-hydrogen) atoms. The topological polar surface area (TPSA) is 108 Å². The molecule has 9 heteroatoms. The van der Waals surface area contributed by atoms with E-state index in [-0.39, 0.29) is 11.3 Å². The maximum absolute atomic E-state index is 13.7. The zero-order valence-electron chi connectivity index (χ0n) is 18.4. The summed E-state index contributed by atoms with van der Waals surface area (Å²) >= 11 is 0. The van der Waals surface area contributed by atoms with Crippen molar-refractivity contribution in [2.45, 2.75) is 48.6 Å². The van der Waals surface area contributed by atoms with Crippen molar-refractivity contribution in [1.29, 1.82) is 0 Å². The van der Waals surface area contributed by atoms with Crippen molar-refractivity contribution in [3.63, 3.8) is 0 Å². The van der Waals surface area contributed by atoms with Crippen LogP contribution >= 0.6 is 0 Å². The quantitative estimate of drug-likeness (QED) is 0.681. The molecule has 1 saturated carbocycles. The maximum Gasteiger partial charge on any atom is 0.164 e. The van der Waals surface area contributed by atoms with E-state index in [2.05, 4.69) is 11.8 Å². The molecule has 3 aliphatic rings. The van der Waals surface area contributed by atoms with Crippen LogP contribution in [0.15, 0.2) is 30.3 Å². The third-order valence-electron chi connectivity index (χ3n) is 6.82. The summed E-state index contributed by atoms with van der Waals surface area (Å²) < 4.78 is 37.7. The standard InChI is InChI=1S/C23H30N4O4S/c1-16-15-31-13-10-27(16)21-14-20(25-22(26-21)17-2-4-18(24)5-3-17)23(8-11-30-12-9-23)32(28,29)19-6-7-19/h2-5,14,16,19H,6-13,15,24H2,1H3/t16-/m0/s1. The van der Waals surface area contributed by atoms with Crippen LogP contribution in [0.2, 0.25) is 0 Å². The Bertz CT molecular complexity index is 1080. The lowest BCUT2D eigenvalue weighted by Crippen LogP contribution is -2.46. The second kappa shape index (κ2) is 8.28. The van der Waals surface area contributed by atoms with E-state index in [0.29, 0.717) is 63.0 Å². The summed E-state index contributed by atoms with van der Waals surface area (Å²) in [6.45, 7) is 4.84. The normalized spacial score (nSPS) is 23.8. The van der Waals surface area contributed by atoms with Crippen molar-refractivity contribution in [3.05, 3.63) is 36.0 Å². The van der Waals surface area contributed by atoms with Crippen LogP contribution in [0.25, 0.3) is 11.4 Å². The van der Waals surface area contributed by atoms with Crippen molar-refractivity contribution < 1.29 is 17.9 Å². The average molecular weight is 459 g/mol. The zero-order valence-corrected chi connectivity index (χ0v) is 19.2. The summed E-state index contributed by atoms with van der Waals surface area (Å²) in [4.78, 5) is 11.9. The molecule has 1 aromatic heterocycles. The minimum absolute atomic E-state index is 0.136. The van der Waals surface area contributed by atoms with E-state index in [9.17, 15) is 8.42 Å². The molecule has 3 fully saturated rings. The molecule has 0 spiro atoms. The highest BCUT2D eigenvalue weighted by atomic mass is 32.2. The van der Waals surface area contributed by atoms with Gasteiger partial charge in [0.2, 0.25) is 0 Å². The Balaban J connectivity index is 1.68. The van der Waals surface area contributed by atoms with Gasteiger partial charge in [-0.25, -0.2) is 18.4 Å². The smallest absolute Gasteiger partial charge is 0.164 e. The van der Waals surface area contributed by atoms with Crippen molar-refractivity contribution in [1.82, 2.24) is 9.97 Å². The van der Waals surface area contributed by atoms with Gasteiger partial charge in [-0.15, -0.1) is 0 Å². The lowest BCUT2D eigenvalue weighted by atomic mass is 9.94. The third kappa shape index (κ3) is 3.76. The first-order chi connectivity index (χ1) is 15.4. The number of nitrogens with two attached hydrogens (primary N) is 1. The van der Waals surface area contributed by atoms with E-state index < -0.39 is 14.6 Å². The van der Waals surface area contributed by atoms with Gasteiger partial charge in [0.1, 0.15) is 10.6 Å². The Morgan fingerprint density at radius 3 is 2.44 bits per heavy atom. The molecule has 1 atom stereocenters. The number of sulfone groups is 1. The van der Waals surface area contributed by atoms with Crippen molar-refractivity contribution in [3.8, 4) is 11.4 Å². The number of rotatable bonds is 5. The monoisotopic (exact) mass is 458 g/mol. The summed E-state index contributed by atoms with van der Waals surface area (Å²) in [6.07, 6.45) is 2.30. The predicted molar refractivity (Wildman–Crippen MR) is 123 cm³/mol. The number of benzene rings is 1. The summed E-state index contributed by atoms with van der Waals surface area (Å²) in [5.74, 6) is 1.27. The Kier molecular flexibility index (Phi) is 5.59. The summed E-state index contributed by atoms with van der Waals surface area (Å²) in [7, 11) is -3.40. The van der Waals surface area contributed by atoms with Gasteiger partial charge in [0.05, 0.1) is 30.2 Å². The number of nitrogens with zero attached hydrogens (tertiary/aromatic N) is 3. The molecule has 3 heterocycles. The van der Waals surface area contributed by atoms with Crippen LogP contribution in [0, 0.1) is 0 Å². The van der Waals surface area contributed by atoms with Gasteiger partial charge in [0, 0.05) is 37.1 Å². The largest absolute Gasteiger partial charge is 0.399 e. The molecule has 0 radical (unpaired) electrons. The van der Waals surface area contributed by atoms with Gasteiger partial charge in [-0.2, -0.15) is 0 Å². The molecule has 2 aliphatic heterocycles. The molecule has 5 rings (SSSR count). The minimum Gasteiger partial charge on any atom is -0.399 e. The van der Waals surface area contributed by atoms with Crippen molar-refractivity contribution in [2.75, 3.05) is 43.6 Å². The van der Waals surface area contributed by atoms with Crippen LogP contribution in [0.1, 0.15) is 38.3 Å². The molecule has 0 bridgehead atoms. The van der Waals surface area contributed by atoms with Gasteiger partial charge in [-0.3, -0.25) is 0 Å². The molecule has 2 aromatic rings. The van der Waals surface area contributed by atoms with Crippen LogP contribution in [-0.2, 0) is 24.1 Å². The number of nitrogen functional groups attached to an aromatic ring is 1. The highest BCUT2D eigenvalue weighted by Crippen LogP contribution is 2.47. The third-order valence-corrected chi connectivity index (χ3v) is 9.87. The first-order valence-corrected chi connectivity index (χ1v) is 12.9. The molecule has 1 aliphatic carbocycles. The molecular weight excluding hydrogens is 428 g/mol. The summed E-state index contributed by atoms with van der Waals surface area (Å²) in [5.41, 5.74) is 7.94. The number of aromatic nitrogens is 2. The first-order valence-electron chi connectivity index (χ1n) is 11.3. The fraction of sp³-hybridized carbons (Fsp3) is 0.565. The van der Waals surface area contributed by atoms with E-state index in [0.717, 1.165) is 24.2 Å². The van der Waals surface area contributed by atoms with E-state index in [4.69, 9.17) is 25.2 Å². The second-order valence-electron chi connectivity index (χ2n) is 9.03. The van der Waals surface area contributed by atoms with E-state index >= 15 is 0 Å². The number of hydrogen-bond donors (Lipinski definition) is 1. The van der Waals surface area contributed by atoms with Crippen molar-refractivity contribution in [2.24, 2.45) is 0 Å². The van der Waals surface area contributed by atoms with Crippen LogP contribution in [0.3, 0.4) is 0 Å². The minimum atomic E-state index is -3.40. The number of hydrogen-bond acceptors (Lipinski definition) is 8. The van der Waals surface area contributed by atoms with Crippen molar-refractivity contribution >= 4 is 21.3 Å². The van der Waals surface area contributed by atoms with E-state index in [1.165, 1.54) is 0 Å². The predicted octanol–water partition coefficient (Wildman–Crippen LogP) is 2.53. The van der Waals surface area contributed by atoms with Gasteiger partial charge in [0.15, 0.2) is 15.7 Å². The number of morpholine rings is 1. The Hall–Kier alpha value is -2.23. The van der Waals surface area contributed by atoms with Crippen LogP contribution < -0.4 is 10.6 Å². The lowest BCUT2D eigenvalue weighted by molar-refractivity contribution is 0.0729. The first kappa shape index (κ1) is 21.6. The highest BCUT2D eigenvalue weighted by molar-refractivity contribution is 7.93. The van der Waals surface area contributed by atoms with Gasteiger partial charge in [-0.05, 0) is 56.9 Å². The summed E-state index contributed by atoms with van der Waals surface area (Å²) in [5, 5.41) is -0.277. The van der Waals surface area contributed by atoms with Gasteiger partial charge >= 0.3 is 0 Å². The Morgan fingerprint density at radius 1 is 1.06 bits per heavy atom. The molecule has 172 valence electrons. The fourth-order valence-corrected chi connectivity index (χ4v) is 7.26. The van der Waals surface area contributed by atoms with Crippen LogP contribution in [0.5, 0.6) is 0 Å². The van der Waals surface area contributed by atoms with Gasteiger partial charge < -0.3 is 20.1 Å². The Labute approximate surface area is 189 Å². The SMILES string of the molecule is C[C@H]1COCCN1c1cc(C2(S(=O)(=O)C3CC3)CCOCC2)nc(-c2ccc(N)cc2)n1. The average Bonchev–Trinajstić information content (AvgIpc) is 3.66. The van der Waals surface area contributed by atoms with Gasteiger partial charge in [-0.1, -0.05) is 0 Å². The fourth-order valence-electron chi connectivity index (χ4n) is 4.73. The molecule has 0 amide bonds. The van der Waals surface area contributed by atoms with Gasteiger partial charge in [0.25, 0.3) is 0 Å². The number of anilines is 2. The molecule has 2 saturated heterocycles. The maximum atomic E-state index is 13.7. The van der Waals surface area contributed by atoms with E-state index in [1.807, 2.05) is 30.3 Å². The zero-order chi connectivity index (χ0) is 22.3. The second-order valence-corrected chi connectivity index (χ2v) is 11.6. The Morgan fingerprint density at radius 2 is 1.78 bits per heavy atom. The van der Waals surface area contributed by atoms with Crippen LogP contribution in [-0.4, -0.2) is 62.6 Å². The highest BCUT2D eigenvalue weighted by Gasteiger charge is 2.54. The summed E-state index contributed by atoms with van der Waals surface area (Å²) in [6, 6.07) is 9.42. The molecule has 1 aromatic carbocycles. The number of ether oxygens (including phenoxy) is 2. The molecular formula is C23H30N4O4S. The molecule has 2 N–H and O–H groups in total. The van der Waals surface area contributed by atoms with E-state index in [1.54, 1.807) is 0 Å².